The molecule has 0 radical (unpaired) electrons. The first-order valence-corrected chi connectivity index (χ1v) is 6.99. The maximum Gasteiger partial charge on any atom is 0.379 e. The summed E-state index contributed by atoms with van der Waals surface area (Å²) in [6.07, 6.45) is 1.94. The molecule has 0 unspecified atom stereocenters. The van der Waals surface area contributed by atoms with Gasteiger partial charge in [0.25, 0.3) is 5.78 Å². The van der Waals surface area contributed by atoms with Gasteiger partial charge in [0.05, 0.1) is 6.61 Å². The Balaban J connectivity index is 3.00. The zero-order chi connectivity index (χ0) is 14.4. The van der Waals surface area contributed by atoms with E-state index < -0.39 is 11.8 Å². The summed E-state index contributed by atoms with van der Waals surface area (Å²) in [6.45, 7) is 3.14. The fourth-order valence-electron chi connectivity index (χ4n) is 1.42. The molecule has 0 amide bonds. The van der Waals surface area contributed by atoms with E-state index in [1.807, 2.05) is 18.4 Å². The fraction of sp³-hybridized carbons (Fsp3) is 0.286. The Kier molecular flexibility index (Phi) is 5.63. The van der Waals surface area contributed by atoms with E-state index in [-0.39, 0.29) is 17.9 Å². The third-order valence-corrected chi connectivity index (χ3v) is 3.26. The van der Waals surface area contributed by atoms with E-state index in [1.54, 1.807) is 30.8 Å². The highest BCUT2D eigenvalue weighted by molar-refractivity contribution is 7.98. The van der Waals surface area contributed by atoms with Crippen LogP contribution >= 0.6 is 11.8 Å². The van der Waals surface area contributed by atoms with Crippen LogP contribution in [0.5, 0.6) is 0 Å². The minimum Gasteiger partial charge on any atom is -0.507 e. The standard InChI is InChI=1S/C14H16O4S/c1-4-18-14(17)13(16)9(2)12(15)10-5-7-11(19-3)8-6-10/h5-8,15H,4H2,1-3H3. The van der Waals surface area contributed by atoms with Crippen LogP contribution in [0.25, 0.3) is 5.76 Å². The number of ether oxygens (including phenoxy) is 1. The summed E-state index contributed by atoms with van der Waals surface area (Å²) in [5.41, 5.74) is 0.475. The summed E-state index contributed by atoms with van der Waals surface area (Å²) in [4.78, 5) is 24.0. The van der Waals surface area contributed by atoms with E-state index in [9.17, 15) is 14.7 Å². The van der Waals surface area contributed by atoms with Crippen LogP contribution in [-0.4, -0.2) is 29.7 Å². The Bertz CT molecular complexity index is 503. The summed E-state index contributed by atoms with van der Waals surface area (Å²) in [7, 11) is 0. The van der Waals surface area contributed by atoms with E-state index in [2.05, 4.69) is 4.74 Å². The number of aliphatic hydroxyl groups is 1. The van der Waals surface area contributed by atoms with E-state index in [0.29, 0.717) is 5.56 Å². The number of Topliss-reactive ketones (excluding diaryl/α,β-unsaturated/α-hetero) is 1. The molecule has 1 aromatic rings. The van der Waals surface area contributed by atoms with Gasteiger partial charge in [-0.05, 0) is 32.2 Å². The molecule has 0 atom stereocenters. The van der Waals surface area contributed by atoms with E-state index in [0.717, 1.165) is 4.90 Å². The number of carbonyl (C=O) groups is 2. The van der Waals surface area contributed by atoms with Crippen molar-refractivity contribution in [1.29, 1.82) is 0 Å². The molecule has 19 heavy (non-hydrogen) atoms. The average Bonchev–Trinajstić information content (AvgIpc) is 2.45. The molecule has 1 aromatic carbocycles. The molecule has 0 aliphatic heterocycles. The highest BCUT2D eigenvalue weighted by atomic mass is 32.2. The molecule has 102 valence electrons. The number of carbonyl (C=O) groups excluding carboxylic acids is 2. The van der Waals surface area contributed by atoms with Gasteiger partial charge in [0.2, 0.25) is 0 Å². The van der Waals surface area contributed by atoms with E-state index >= 15 is 0 Å². The fourth-order valence-corrected chi connectivity index (χ4v) is 1.83. The molecule has 0 saturated heterocycles. The number of rotatable bonds is 5. The van der Waals surface area contributed by atoms with Crippen LogP contribution in [0, 0.1) is 0 Å². The van der Waals surface area contributed by atoms with Crippen molar-refractivity contribution >= 4 is 29.3 Å². The molecule has 1 rings (SSSR count). The molecule has 0 aliphatic carbocycles. The molecule has 0 heterocycles. The normalized spacial score (nSPS) is 11.7. The van der Waals surface area contributed by atoms with Crippen LogP contribution < -0.4 is 0 Å². The quantitative estimate of drug-likeness (QED) is 0.295. The van der Waals surface area contributed by atoms with Gasteiger partial charge in [-0.3, -0.25) is 4.79 Å². The largest absolute Gasteiger partial charge is 0.507 e. The number of esters is 1. The summed E-state index contributed by atoms with van der Waals surface area (Å²) in [6, 6.07) is 7.06. The molecule has 0 bridgehead atoms. The zero-order valence-electron chi connectivity index (χ0n) is 11.1. The van der Waals surface area contributed by atoms with Gasteiger partial charge in [-0.25, -0.2) is 4.79 Å². The van der Waals surface area contributed by atoms with Crippen molar-refractivity contribution < 1.29 is 19.4 Å². The lowest BCUT2D eigenvalue weighted by molar-refractivity contribution is -0.151. The van der Waals surface area contributed by atoms with Crippen molar-refractivity contribution in [3.63, 3.8) is 0 Å². The van der Waals surface area contributed by atoms with Crippen LogP contribution in [0.4, 0.5) is 0 Å². The molecule has 4 nitrogen and oxygen atoms in total. The van der Waals surface area contributed by atoms with E-state index in [4.69, 9.17) is 0 Å². The van der Waals surface area contributed by atoms with Gasteiger partial charge < -0.3 is 9.84 Å². The minimum absolute atomic E-state index is 0.0182. The second kappa shape index (κ2) is 6.99. The van der Waals surface area contributed by atoms with Crippen LogP contribution in [0.15, 0.2) is 34.7 Å². The third-order valence-electron chi connectivity index (χ3n) is 2.52. The highest BCUT2D eigenvalue weighted by Crippen LogP contribution is 2.21. The Morgan fingerprint density at radius 3 is 2.32 bits per heavy atom. The second-order valence-electron chi connectivity index (χ2n) is 3.75. The van der Waals surface area contributed by atoms with Crippen LogP contribution in [0.1, 0.15) is 19.4 Å². The van der Waals surface area contributed by atoms with E-state index in [1.165, 1.54) is 6.92 Å². The Hall–Kier alpha value is -1.75. The maximum absolute atomic E-state index is 11.7. The predicted molar refractivity (Wildman–Crippen MR) is 75.1 cm³/mol. The van der Waals surface area contributed by atoms with Gasteiger partial charge in [-0.15, -0.1) is 11.8 Å². The lowest BCUT2D eigenvalue weighted by atomic mass is 10.1. The molecule has 0 fully saturated rings. The first-order chi connectivity index (χ1) is 9.01. The first-order valence-electron chi connectivity index (χ1n) is 5.77. The third kappa shape index (κ3) is 3.86. The number of hydrogen-bond acceptors (Lipinski definition) is 5. The van der Waals surface area contributed by atoms with Crippen molar-refractivity contribution in [2.45, 2.75) is 18.7 Å². The average molecular weight is 280 g/mol. The van der Waals surface area contributed by atoms with Crippen molar-refractivity contribution in [1.82, 2.24) is 0 Å². The maximum atomic E-state index is 11.7. The lowest BCUT2D eigenvalue weighted by Crippen LogP contribution is -2.19. The van der Waals surface area contributed by atoms with Gasteiger partial charge in [-0.2, -0.15) is 0 Å². The van der Waals surface area contributed by atoms with Crippen LogP contribution in [0.3, 0.4) is 0 Å². The van der Waals surface area contributed by atoms with Crippen molar-refractivity contribution in [3.8, 4) is 0 Å². The van der Waals surface area contributed by atoms with Gasteiger partial charge in [0.15, 0.2) is 0 Å². The van der Waals surface area contributed by atoms with Crippen LogP contribution in [-0.2, 0) is 14.3 Å². The molecule has 0 spiro atoms. The molecule has 0 aliphatic rings. The summed E-state index contributed by atoms with van der Waals surface area (Å²) < 4.78 is 4.61. The van der Waals surface area contributed by atoms with Crippen LogP contribution in [0.2, 0.25) is 0 Å². The van der Waals surface area contributed by atoms with Crippen molar-refractivity contribution in [2.24, 2.45) is 0 Å². The monoisotopic (exact) mass is 280 g/mol. The topological polar surface area (TPSA) is 63.6 Å². The molecular formula is C14H16O4S. The Labute approximate surface area is 116 Å². The number of benzene rings is 1. The SMILES string of the molecule is CCOC(=O)C(=O)C(C)=C(O)c1ccc(SC)cc1. The second-order valence-corrected chi connectivity index (χ2v) is 4.63. The summed E-state index contributed by atoms with van der Waals surface area (Å²) >= 11 is 1.58. The predicted octanol–water partition coefficient (Wildman–Crippen LogP) is 2.83. The Morgan fingerprint density at radius 2 is 1.84 bits per heavy atom. The molecule has 1 N–H and O–H groups in total. The van der Waals surface area contributed by atoms with Gasteiger partial charge >= 0.3 is 5.97 Å². The van der Waals surface area contributed by atoms with Gasteiger partial charge in [0, 0.05) is 16.0 Å². The number of ketones is 1. The van der Waals surface area contributed by atoms with Crippen molar-refractivity contribution in [2.75, 3.05) is 12.9 Å². The van der Waals surface area contributed by atoms with Crippen molar-refractivity contribution in [3.05, 3.63) is 35.4 Å². The molecule has 0 aromatic heterocycles. The van der Waals surface area contributed by atoms with Gasteiger partial charge in [0.1, 0.15) is 5.76 Å². The highest BCUT2D eigenvalue weighted by Gasteiger charge is 2.20. The number of hydrogen-bond donors (Lipinski definition) is 1. The van der Waals surface area contributed by atoms with Gasteiger partial charge in [-0.1, -0.05) is 12.1 Å². The Morgan fingerprint density at radius 1 is 1.26 bits per heavy atom. The first kappa shape index (κ1) is 15.3. The molecular weight excluding hydrogens is 264 g/mol. The smallest absolute Gasteiger partial charge is 0.379 e. The zero-order valence-corrected chi connectivity index (χ0v) is 11.9. The number of aliphatic hydroxyl groups excluding tert-OH is 1. The summed E-state index contributed by atoms with van der Waals surface area (Å²) in [5, 5.41) is 9.98. The minimum atomic E-state index is -0.952. The summed E-state index contributed by atoms with van der Waals surface area (Å²) in [5.74, 6) is -1.98. The molecule has 5 heteroatoms. The molecule has 0 saturated carbocycles. The lowest BCUT2D eigenvalue weighted by Gasteiger charge is -2.06. The number of thioether (sulfide) groups is 1.